The van der Waals surface area contributed by atoms with Gasteiger partial charge < -0.3 is 10.2 Å². The van der Waals surface area contributed by atoms with Crippen LogP contribution in [-0.2, 0) is 0 Å². The molecular formula is C16H28O2. The lowest BCUT2D eigenvalue weighted by atomic mass is 10.0. The first kappa shape index (κ1) is 17.1. The number of aliphatic hydroxyl groups is 2. The van der Waals surface area contributed by atoms with Gasteiger partial charge in [-0.15, -0.1) is 6.58 Å². The van der Waals surface area contributed by atoms with Crippen LogP contribution in [0.25, 0.3) is 0 Å². The molecule has 0 amide bonds. The Morgan fingerprint density at radius 1 is 1.11 bits per heavy atom. The van der Waals surface area contributed by atoms with Crippen LogP contribution in [-0.4, -0.2) is 22.9 Å². The Kier molecular flexibility index (Phi) is 10.7. The van der Waals surface area contributed by atoms with Gasteiger partial charge in [0, 0.05) is 6.61 Å². The van der Waals surface area contributed by atoms with Crippen molar-refractivity contribution in [2.75, 3.05) is 6.61 Å². The average Bonchev–Trinajstić information content (AvgIpc) is 2.36. The Morgan fingerprint density at radius 3 is 2.33 bits per heavy atom. The highest BCUT2D eigenvalue weighted by molar-refractivity contribution is 5.03. The second-order valence-corrected chi connectivity index (χ2v) is 4.85. The number of hydrogen-bond donors (Lipinski definition) is 2. The summed E-state index contributed by atoms with van der Waals surface area (Å²) < 4.78 is 0. The molecule has 1 unspecified atom stereocenters. The molecule has 1 atom stereocenters. The van der Waals surface area contributed by atoms with Crippen molar-refractivity contribution in [2.45, 2.75) is 58.5 Å². The van der Waals surface area contributed by atoms with Crippen LogP contribution >= 0.6 is 0 Å². The summed E-state index contributed by atoms with van der Waals surface area (Å²) in [5.41, 5.74) is 2.73. The van der Waals surface area contributed by atoms with Crippen LogP contribution in [0.3, 0.4) is 0 Å². The first-order valence-electron chi connectivity index (χ1n) is 6.83. The van der Waals surface area contributed by atoms with Gasteiger partial charge in [-0.05, 0) is 52.4 Å². The minimum absolute atomic E-state index is 0.234. The molecule has 104 valence electrons. The van der Waals surface area contributed by atoms with E-state index in [-0.39, 0.29) is 12.7 Å². The highest BCUT2D eigenvalue weighted by atomic mass is 16.3. The number of allylic oxidation sites excluding steroid dienone is 3. The standard InChI is InChI=1S/C16H28O2/c1-4-16(18)12-6-10-14(2)8-5-9-15(3)11-7-13-17/h4,8,11,16-18H,1,5-7,9-10,12-13H2,2-3H3/b14-8+,15-11+. The van der Waals surface area contributed by atoms with E-state index in [1.165, 1.54) is 11.1 Å². The third-order valence-electron chi connectivity index (χ3n) is 3.00. The first-order valence-corrected chi connectivity index (χ1v) is 6.83. The molecule has 0 aliphatic rings. The van der Waals surface area contributed by atoms with Gasteiger partial charge in [-0.25, -0.2) is 0 Å². The highest BCUT2D eigenvalue weighted by Gasteiger charge is 1.98. The average molecular weight is 252 g/mol. The van der Waals surface area contributed by atoms with Crippen molar-refractivity contribution in [3.63, 3.8) is 0 Å². The summed E-state index contributed by atoms with van der Waals surface area (Å²) in [7, 11) is 0. The molecule has 0 aliphatic heterocycles. The van der Waals surface area contributed by atoms with Crippen molar-refractivity contribution in [3.8, 4) is 0 Å². The van der Waals surface area contributed by atoms with Gasteiger partial charge in [0.1, 0.15) is 0 Å². The van der Waals surface area contributed by atoms with Crippen molar-refractivity contribution in [1.82, 2.24) is 0 Å². The Bertz CT molecular complexity index is 277. The molecule has 0 heterocycles. The molecule has 2 N–H and O–H groups in total. The minimum atomic E-state index is -0.360. The maximum Gasteiger partial charge on any atom is 0.0718 e. The van der Waals surface area contributed by atoms with E-state index < -0.39 is 0 Å². The van der Waals surface area contributed by atoms with Gasteiger partial charge in [-0.3, -0.25) is 0 Å². The van der Waals surface area contributed by atoms with Crippen LogP contribution in [0, 0.1) is 0 Å². The van der Waals surface area contributed by atoms with Crippen molar-refractivity contribution in [2.24, 2.45) is 0 Å². The lowest BCUT2D eigenvalue weighted by Crippen LogP contribution is -2.00. The normalized spacial score (nSPS) is 14.7. The topological polar surface area (TPSA) is 40.5 Å². The smallest absolute Gasteiger partial charge is 0.0718 e. The minimum Gasteiger partial charge on any atom is -0.396 e. The molecule has 0 saturated carbocycles. The van der Waals surface area contributed by atoms with E-state index in [9.17, 15) is 5.11 Å². The Labute approximate surface area is 112 Å². The molecule has 0 spiro atoms. The summed E-state index contributed by atoms with van der Waals surface area (Å²) >= 11 is 0. The third-order valence-corrected chi connectivity index (χ3v) is 3.00. The monoisotopic (exact) mass is 252 g/mol. The van der Waals surface area contributed by atoms with Crippen molar-refractivity contribution in [1.29, 1.82) is 0 Å². The number of aliphatic hydroxyl groups excluding tert-OH is 2. The Morgan fingerprint density at radius 2 is 1.72 bits per heavy atom. The SMILES string of the molecule is C=CC(O)CCC/C(C)=C/CC/C(C)=C/CCO. The molecular weight excluding hydrogens is 224 g/mol. The van der Waals surface area contributed by atoms with Crippen LogP contribution in [0.1, 0.15) is 52.4 Å². The van der Waals surface area contributed by atoms with E-state index in [0.29, 0.717) is 0 Å². The Balaban J connectivity index is 3.74. The summed E-state index contributed by atoms with van der Waals surface area (Å²) in [6.45, 7) is 8.05. The largest absolute Gasteiger partial charge is 0.396 e. The molecule has 0 saturated heterocycles. The quantitative estimate of drug-likeness (QED) is 0.581. The van der Waals surface area contributed by atoms with Gasteiger partial charge in [-0.1, -0.05) is 29.4 Å². The molecule has 0 aliphatic carbocycles. The van der Waals surface area contributed by atoms with Crippen LogP contribution in [0.4, 0.5) is 0 Å². The lowest BCUT2D eigenvalue weighted by molar-refractivity contribution is 0.210. The molecule has 0 aromatic carbocycles. The predicted octanol–water partition coefficient (Wildman–Crippen LogP) is 3.76. The van der Waals surface area contributed by atoms with Crippen molar-refractivity contribution < 1.29 is 10.2 Å². The molecule has 18 heavy (non-hydrogen) atoms. The molecule has 0 rings (SSSR count). The summed E-state index contributed by atoms with van der Waals surface area (Å²) in [5, 5.41) is 18.0. The van der Waals surface area contributed by atoms with Crippen LogP contribution in [0.15, 0.2) is 36.0 Å². The maximum absolute atomic E-state index is 9.34. The fourth-order valence-corrected chi connectivity index (χ4v) is 1.77. The summed E-state index contributed by atoms with van der Waals surface area (Å²) in [6.07, 6.45) is 11.3. The van der Waals surface area contributed by atoms with Crippen molar-refractivity contribution >= 4 is 0 Å². The third kappa shape index (κ3) is 10.3. The maximum atomic E-state index is 9.34. The molecule has 0 aromatic rings. The number of rotatable bonds is 10. The van der Waals surface area contributed by atoms with Gasteiger partial charge in [0.25, 0.3) is 0 Å². The first-order chi connectivity index (χ1) is 8.60. The second kappa shape index (κ2) is 11.2. The predicted molar refractivity (Wildman–Crippen MR) is 78.5 cm³/mol. The zero-order chi connectivity index (χ0) is 13.8. The van der Waals surface area contributed by atoms with E-state index >= 15 is 0 Å². The highest BCUT2D eigenvalue weighted by Crippen LogP contribution is 2.12. The summed E-state index contributed by atoms with van der Waals surface area (Å²) in [6, 6.07) is 0. The molecule has 2 nitrogen and oxygen atoms in total. The van der Waals surface area contributed by atoms with E-state index in [1.54, 1.807) is 6.08 Å². The number of hydrogen-bond acceptors (Lipinski definition) is 2. The van der Waals surface area contributed by atoms with Crippen molar-refractivity contribution in [3.05, 3.63) is 36.0 Å². The van der Waals surface area contributed by atoms with Crippen LogP contribution in [0.2, 0.25) is 0 Å². The van der Waals surface area contributed by atoms with Gasteiger partial charge in [0.2, 0.25) is 0 Å². The van der Waals surface area contributed by atoms with E-state index in [0.717, 1.165) is 38.5 Å². The van der Waals surface area contributed by atoms with Gasteiger partial charge in [0.15, 0.2) is 0 Å². The van der Waals surface area contributed by atoms with Gasteiger partial charge >= 0.3 is 0 Å². The molecule has 0 fully saturated rings. The fraction of sp³-hybridized carbons (Fsp3) is 0.625. The molecule has 0 aromatic heterocycles. The zero-order valence-corrected chi connectivity index (χ0v) is 11.9. The summed E-state index contributed by atoms with van der Waals surface area (Å²) in [4.78, 5) is 0. The lowest BCUT2D eigenvalue weighted by Gasteiger charge is -2.05. The second-order valence-electron chi connectivity index (χ2n) is 4.85. The van der Waals surface area contributed by atoms with E-state index in [4.69, 9.17) is 5.11 Å². The molecule has 0 bridgehead atoms. The van der Waals surface area contributed by atoms with Gasteiger partial charge in [0.05, 0.1) is 6.10 Å². The van der Waals surface area contributed by atoms with Crippen LogP contribution in [0.5, 0.6) is 0 Å². The van der Waals surface area contributed by atoms with Gasteiger partial charge in [-0.2, -0.15) is 0 Å². The van der Waals surface area contributed by atoms with E-state index in [2.05, 4.69) is 32.6 Å². The molecule has 0 radical (unpaired) electrons. The van der Waals surface area contributed by atoms with E-state index in [1.807, 2.05) is 0 Å². The summed E-state index contributed by atoms with van der Waals surface area (Å²) in [5.74, 6) is 0. The molecule has 2 heteroatoms. The Hall–Kier alpha value is -0.860. The fourth-order valence-electron chi connectivity index (χ4n) is 1.77. The van der Waals surface area contributed by atoms with Crippen LogP contribution < -0.4 is 0 Å². The zero-order valence-electron chi connectivity index (χ0n) is 11.9.